The lowest BCUT2D eigenvalue weighted by Gasteiger charge is -2.05. The number of fused-ring (bicyclic) bond motifs is 1. The van der Waals surface area contributed by atoms with Gasteiger partial charge in [0.2, 0.25) is 0 Å². The van der Waals surface area contributed by atoms with E-state index in [4.69, 9.17) is 5.73 Å². The lowest BCUT2D eigenvalue weighted by molar-refractivity contribution is 0.476. The molecule has 0 fully saturated rings. The number of nitrogens with one attached hydrogen (secondary N) is 1. The van der Waals surface area contributed by atoms with E-state index in [-0.39, 0.29) is 11.4 Å². The third-order valence-electron chi connectivity index (χ3n) is 2.42. The lowest BCUT2D eigenvalue weighted by Crippen LogP contribution is -2.14. The molecule has 5 nitrogen and oxygen atoms in total. The number of rotatable bonds is 3. The fourth-order valence-electron chi connectivity index (χ4n) is 1.67. The smallest absolute Gasteiger partial charge is 0.345 e. The summed E-state index contributed by atoms with van der Waals surface area (Å²) in [6, 6.07) is 4.75. The number of phenolic OH excluding ortho intramolecular Hbond substituents is 1. The summed E-state index contributed by atoms with van der Waals surface area (Å²) < 4.78 is 0. The molecule has 0 saturated heterocycles. The number of hydrogen-bond donors (Lipinski definition) is 3. The number of nitrogens with two attached hydrogens (primary N) is 1. The van der Waals surface area contributed by atoms with E-state index in [9.17, 15) is 9.90 Å². The molecule has 0 atom stereocenters. The Morgan fingerprint density at radius 3 is 3.00 bits per heavy atom. The zero-order valence-electron chi connectivity index (χ0n) is 8.73. The van der Waals surface area contributed by atoms with Crippen LogP contribution in [0.25, 0.3) is 10.9 Å². The highest BCUT2D eigenvalue weighted by Crippen LogP contribution is 2.20. The zero-order chi connectivity index (χ0) is 11.5. The van der Waals surface area contributed by atoms with Crippen LogP contribution >= 0.6 is 0 Å². The maximum atomic E-state index is 11.3. The molecule has 0 bridgehead atoms. The SMILES string of the molecule is NCCCc1[nH]c(=O)nc2ccc(O)cc12. The van der Waals surface area contributed by atoms with Crippen molar-refractivity contribution >= 4 is 10.9 Å². The minimum absolute atomic E-state index is 0.162. The standard InChI is InChI=1S/C11H13N3O2/c12-5-1-2-9-8-6-7(15)3-4-10(8)14-11(16)13-9/h3-4,6,15H,1-2,5,12H2,(H,13,14,16). The van der Waals surface area contributed by atoms with Gasteiger partial charge in [0.15, 0.2) is 0 Å². The van der Waals surface area contributed by atoms with Crippen molar-refractivity contribution in [2.45, 2.75) is 12.8 Å². The fraction of sp³-hybridized carbons (Fsp3) is 0.273. The van der Waals surface area contributed by atoms with Crippen LogP contribution < -0.4 is 11.4 Å². The highest BCUT2D eigenvalue weighted by atomic mass is 16.3. The molecule has 0 aliphatic heterocycles. The first-order valence-corrected chi connectivity index (χ1v) is 5.12. The molecule has 0 saturated carbocycles. The molecule has 1 aromatic carbocycles. The van der Waals surface area contributed by atoms with Gasteiger partial charge in [-0.25, -0.2) is 4.79 Å². The van der Waals surface area contributed by atoms with Crippen LogP contribution in [0, 0.1) is 0 Å². The number of nitrogens with zero attached hydrogens (tertiary/aromatic N) is 1. The van der Waals surface area contributed by atoms with Crippen LogP contribution in [0.1, 0.15) is 12.1 Å². The van der Waals surface area contributed by atoms with Gasteiger partial charge in [0.05, 0.1) is 5.52 Å². The van der Waals surface area contributed by atoms with Crippen LogP contribution in [-0.4, -0.2) is 21.6 Å². The largest absolute Gasteiger partial charge is 0.508 e. The number of hydrogen-bond acceptors (Lipinski definition) is 4. The Morgan fingerprint density at radius 2 is 2.25 bits per heavy atom. The van der Waals surface area contributed by atoms with Crippen molar-refractivity contribution in [1.82, 2.24) is 9.97 Å². The van der Waals surface area contributed by atoms with E-state index in [2.05, 4.69) is 9.97 Å². The summed E-state index contributed by atoms with van der Waals surface area (Å²) in [6.07, 6.45) is 1.46. The Bertz CT molecular complexity index is 563. The topological polar surface area (TPSA) is 92.0 Å². The third kappa shape index (κ3) is 2.04. The summed E-state index contributed by atoms with van der Waals surface area (Å²) in [7, 11) is 0. The molecule has 0 aliphatic rings. The van der Waals surface area contributed by atoms with E-state index >= 15 is 0 Å². The molecule has 1 heterocycles. The first kappa shape index (κ1) is 10.6. The highest BCUT2D eigenvalue weighted by molar-refractivity contribution is 5.82. The minimum atomic E-state index is -0.370. The highest BCUT2D eigenvalue weighted by Gasteiger charge is 2.05. The van der Waals surface area contributed by atoms with Gasteiger partial charge in [-0.2, -0.15) is 4.98 Å². The maximum Gasteiger partial charge on any atom is 0.345 e. The molecule has 5 heteroatoms. The summed E-state index contributed by atoms with van der Waals surface area (Å²) in [5, 5.41) is 10.2. The average Bonchev–Trinajstić information content (AvgIpc) is 2.26. The molecule has 0 aliphatic carbocycles. The van der Waals surface area contributed by atoms with Crippen molar-refractivity contribution in [3.63, 3.8) is 0 Å². The van der Waals surface area contributed by atoms with Crippen molar-refractivity contribution in [2.75, 3.05) is 6.54 Å². The van der Waals surface area contributed by atoms with Crippen molar-refractivity contribution in [3.8, 4) is 5.75 Å². The van der Waals surface area contributed by atoms with Gasteiger partial charge in [0, 0.05) is 11.1 Å². The molecule has 84 valence electrons. The van der Waals surface area contributed by atoms with Gasteiger partial charge in [-0.3, -0.25) is 0 Å². The number of aromatic amines is 1. The normalized spacial score (nSPS) is 10.8. The van der Waals surface area contributed by atoms with Crippen molar-refractivity contribution in [1.29, 1.82) is 0 Å². The van der Waals surface area contributed by atoms with Crippen LogP contribution in [0.5, 0.6) is 5.75 Å². The predicted molar refractivity (Wildman–Crippen MR) is 61.4 cm³/mol. The van der Waals surface area contributed by atoms with Crippen LogP contribution in [0.4, 0.5) is 0 Å². The van der Waals surface area contributed by atoms with Crippen molar-refractivity contribution < 1.29 is 5.11 Å². The quantitative estimate of drug-likeness (QED) is 0.701. The van der Waals surface area contributed by atoms with E-state index in [1.165, 1.54) is 6.07 Å². The number of phenols is 1. The van der Waals surface area contributed by atoms with Gasteiger partial charge in [0.25, 0.3) is 0 Å². The Hall–Kier alpha value is -1.88. The second-order valence-electron chi connectivity index (χ2n) is 3.61. The fourth-order valence-corrected chi connectivity index (χ4v) is 1.67. The van der Waals surface area contributed by atoms with Gasteiger partial charge >= 0.3 is 5.69 Å². The molecule has 0 unspecified atom stereocenters. The molecule has 16 heavy (non-hydrogen) atoms. The molecule has 0 spiro atoms. The second-order valence-corrected chi connectivity index (χ2v) is 3.61. The molecule has 1 aromatic heterocycles. The monoisotopic (exact) mass is 219 g/mol. The molecule has 0 amide bonds. The second kappa shape index (κ2) is 4.32. The van der Waals surface area contributed by atoms with E-state index in [0.717, 1.165) is 17.5 Å². The third-order valence-corrected chi connectivity index (χ3v) is 2.42. The van der Waals surface area contributed by atoms with Gasteiger partial charge in [-0.15, -0.1) is 0 Å². The van der Waals surface area contributed by atoms with Gasteiger partial charge in [0.1, 0.15) is 5.75 Å². The Kier molecular flexibility index (Phi) is 2.87. The minimum Gasteiger partial charge on any atom is -0.508 e. The van der Waals surface area contributed by atoms with Crippen LogP contribution in [0.3, 0.4) is 0 Å². The Morgan fingerprint density at radius 1 is 1.44 bits per heavy atom. The number of aromatic hydroxyl groups is 1. The average molecular weight is 219 g/mol. The summed E-state index contributed by atoms with van der Waals surface area (Å²) in [5.41, 5.74) is 6.43. The Balaban J connectivity index is 2.60. The lowest BCUT2D eigenvalue weighted by atomic mass is 10.1. The predicted octanol–water partition coefficient (Wildman–Crippen LogP) is 0.520. The molecular formula is C11H13N3O2. The van der Waals surface area contributed by atoms with Gasteiger partial charge < -0.3 is 15.8 Å². The van der Waals surface area contributed by atoms with E-state index in [1.54, 1.807) is 12.1 Å². The van der Waals surface area contributed by atoms with E-state index in [1.807, 2.05) is 0 Å². The first-order valence-electron chi connectivity index (χ1n) is 5.12. The molecule has 4 N–H and O–H groups in total. The van der Waals surface area contributed by atoms with Crippen LogP contribution in [0.15, 0.2) is 23.0 Å². The summed E-state index contributed by atoms with van der Waals surface area (Å²) in [5.74, 6) is 0.162. The zero-order valence-corrected chi connectivity index (χ0v) is 8.73. The Labute approximate surface area is 91.9 Å². The number of aromatic nitrogens is 2. The van der Waals surface area contributed by atoms with E-state index in [0.29, 0.717) is 18.5 Å². The van der Waals surface area contributed by atoms with E-state index < -0.39 is 0 Å². The molecule has 2 aromatic rings. The van der Waals surface area contributed by atoms with Crippen LogP contribution in [-0.2, 0) is 6.42 Å². The summed E-state index contributed by atoms with van der Waals surface area (Å²) in [4.78, 5) is 17.8. The number of benzene rings is 1. The summed E-state index contributed by atoms with van der Waals surface area (Å²) in [6.45, 7) is 0.560. The number of aryl methyl sites for hydroxylation is 1. The van der Waals surface area contributed by atoms with Crippen molar-refractivity contribution in [3.05, 3.63) is 34.4 Å². The van der Waals surface area contributed by atoms with Gasteiger partial charge in [-0.05, 0) is 37.6 Å². The van der Waals surface area contributed by atoms with Crippen LogP contribution in [0.2, 0.25) is 0 Å². The molecule has 2 rings (SSSR count). The number of H-pyrrole nitrogens is 1. The maximum absolute atomic E-state index is 11.3. The molecule has 0 radical (unpaired) electrons. The molecular weight excluding hydrogens is 206 g/mol. The van der Waals surface area contributed by atoms with Crippen molar-refractivity contribution in [2.24, 2.45) is 5.73 Å². The van der Waals surface area contributed by atoms with Gasteiger partial charge in [-0.1, -0.05) is 0 Å². The first-order chi connectivity index (χ1) is 7.70. The summed E-state index contributed by atoms with van der Waals surface area (Å²) >= 11 is 0.